The molecule has 4 nitrogen and oxygen atoms in total. The number of alkyl halides is 1. The minimum atomic E-state index is -0.564. The third-order valence-electron chi connectivity index (χ3n) is 5.15. The highest BCUT2D eigenvalue weighted by Gasteiger charge is 2.37. The molecule has 30 heavy (non-hydrogen) atoms. The molecule has 2 aromatic carbocycles. The number of thiophene rings is 1. The van der Waals surface area contributed by atoms with Crippen LogP contribution in [0.3, 0.4) is 0 Å². The first-order chi connectivity index (χ1) is 14.3. The highest BCUT2D eigenvalue weighted by Crippen LogP contribution is 2.49. The molecule has 0 saturated heterocycles. The SMILES string of the molecule is Cc1csc2c(OCc3ccccc3)cc3c(c12)C(CCl)CN3C(=O)OC(C)(C)C. The van der Waals surface area contributed by atoms with Crippen LogP contribution in [0.5, 0.6) is 5.75 Å². The average molecular weight is 444 g/mol. The second kappa shape index (κ2) is 8.12. The maximum absolute atomic E-state index is 13.0. The molecule has 1 amide bonds. The molecule has 2 heterocycles. The summed E-state index contributed by atoms with van der Waals surface area (Å²) in [5, 5.41) is 3.29. The summed E-state index contributed by atoms with van der Waals surface area (Å²) >= 11 is 8.00. The maximum atomic E-state index is 13.0. The van der Waals surface area contributed by atoms with Gasteiger partial charge in [-0.25, -0.2) is 4.79 Å². The lowest BCUT2D eigenvalue weighted by Crippen LogP contribution is -2.36. The smallest absolute Gasteiger partial charge is 0.414 e. The number of nitrogens with zero attached hydrogens (tertiary/aromatic N) is 1. The minimum absolute atomic E-state index is 0.0631. The van der Waals surface area contributed by atoms with Crippen molar-refractivity contribution in [1.82, 2.24) is 0 Å². The zero-order valence-corrected chi connectivity index (χ0v) is 19.3. The van der Waals surface area contributed by atoms with Crippen LogP contribution in [0.15, 0.2) is 41.8 Å². The molecule has 0 radical (unpaired) electrons. The molecular formula is C24H26ClNO3S. The topological polar surface area (TPSA) is 38.8 Å². The summed E-state index contributed by atoms with van der Waals surface area (Å²) in [5.74, 6) is 1.30. The van der Waals surface area contributed by atoms with Gasteiger partial charge in [-0.05, 0) is 49.8 Å². The van der Waals surface area contributed by atoms with Crippen molar-refractivity contribution in [2.24, 2.45) is 0 Å². The van der Waals surface area contributed by atoms with Crippen molar-refractivity contribution in [3.05, 3.63) is 58.5 Å². The van der Waals surface area contributed by atoms with Crippen LogP contribution in [0.1, 0.15) is 43.4 Å². The van der Waals surface area contributed by atoms with E-state index in [-0.39, 0.29) is 12.0 Å². The van der Waals surface area contributed by atoms with Crippen LogP contribution in [0.2, 0.25) is 0 Å². The molecule has 3 aromatic rings. The summed E-state index contributed by atoms with van der Waals surface area (Å²) in [6.45, 7) is 8.71. The molecule has 0 fully saturated rings. The Hall–Kier alpha value is -2.24. The van der Waals surface area contributed by atoms with Gasteiger partial charge in [0.25, 0.3) is 0 Å². The Bertz CT molecular complexity index is 1070. The van der Waals surface area contributed by atoms with Crippen LogP contribution in [0.4, 0.5) is 10.5 Å². The van der Waals surface area contributed by atoms with Crippen LogP contribution in [0.25, 0.3) is 10.1 Å². The zero-order chi connectivity index (χ0) is 21.5. The van der Waals surface area contributed by atoms with Crippen LogP contribution in [-0.4, -0.2) is 24.1 Å². The van der Waals surface area contributed by atoms with Gasteiger partial charge in [-0.3, -0.25) is 4.90 Å². The van der Waals surface area contributed by atoms with Crippen molar-refractivity contribution in [3.8, 4) is 5.75 Å². The van der Waals surface area contributed by atoms with E-state index in [4.69, 9.17) is 21.1 Å². The predicted octanol–water partition coefficient (Wildman–Crippen LogP) is 6.87. The van der Waals surface area contributed by atoms with Crippen LogP contribution in [0, 0.1) is 6.92 Å². The van der Waals surface area contributed by atoms with Gasteiger partial charge in [0.2, 0.25) is 0 Å². The number of ether oxygens (including phenoxy) is 2. The number of hydrogen-bond acceptors (Lipinski definition) is 4. The van der Waals surface area contributed by atoms with E-state index in [0.29, 0.717) is 19.0 Å². The Balaban J connectivity index is 1.78. The summed E-state index contributed by atoms with van der Waals surface area (Å²) in [6.07, 6.45) is -0.349. The Morgan fingerprint density at radius 3 is 2.67 bits per heavy atom. The number of benzene rings is 2. The lowest BCUT2D eigenvalue weighted by molar-refractivity contribution is 0.0582. The number of anilines is 1. The average Bonchev–Trinajstić information content (AvgIpc) is 3.26. The molecule has 1 aromatic heterocycles. The first kappa shape index (κ1) is 21.0. The summed E-state index contributed by atoms with van der Waals surface area (Å²) < 4.78 is 13.0. The number of fused-ring (bicyclic) bond motifs is 3. The predicted molar refractivity (Wildman–Crippen MR) is 124 cm³/mol. The monoisotopic (exact) mass is 443 g/mol. The van der Waals surface area contributed by atoms with E-state index in [9.17, 15) is 4.79 Å². The highest BCUT2D eigenvalue weighted by atomic mass is 35.5. The molecule has 1 aliphatic rings. The number of aryl methyl sites for hydroxylation is 1. The minimum Gasteiger partial charge on any atom is -0.487 e. The van der Waals surface area contributed by atoms with Crippen molar-refractivity contribution < 1.29 is 14.3 Å². The van der Waals surface area contributed by atoms with Gasteiger partial charge in [0, 0.05) is 29.8 Å². The van der Waals surface area contributed by atoms with E-state index >= 15 is 0 Å². The van der Waals surface area contributed by atoms with E-state index in [1.165, 1.54) is 5.56 Å². The lowest BCUT2D eigenvalue weighted by atomic mass is 9.97. The highest BCUT2D eigenvalue weighted by molar-refractivity contribution is 7.17. The van der Waals surface area contributed by atoms with Crippen molar-refractivity contribution in [2.75, 3.05) is 17.3 Å². The van der Waals surface area contributed by atoms with Gasteiger partial charge in [-0.15, -0.1) is 22.9 Å². The molecule has 1 unspecified atom stereocenters. The summed E-state index contributed by atoms with van der Waals surface area (Å²) in [7, 11) is 0. The van der Waals surface area contributed by atoms with Gasteiger partial charge < -0.3 is 9.47 Å². The largest absolute Gasteiger partial charge is 0.487 e. The van der Waals surface area contributed by atoms with Crippen molar-refractivity contribution >= 4 is 44.8 Å². The van der Waals surface area contributed by atoms with E-state index in [2.05, 4.69) is 12.3 Å². The summed E-state index contributed by atoms with van der Waals surface area (Å²) in [6, 6.07) is 12.1. The van der Waals surface area contributed by atoms with Crippen molar-refractivity contribution in [1.29, 1.82) is 0 Å². The van der Waals surface area contributed by atoms with Crippen molar-refractivity contribution in [2.45, 2.75) is 45.8 Å². The Kier molecular flexibility index (Phi) is 5.69. The van der Waals surface area contributed by atoms with Gasteiger partial charge in [0.15, 0.2) is 0 Å². The van der Waals surface area contributed by atoms with E-state index in [0.717, 1.165) is 32.6 Å². The van der Waals surface area contributed by atoms with Crippen LogP contribution >= 0.6 is 22.9 Å². The molecule has 1 atom stereocenters. The van der Waals surface area contributed by atoms with Gasteiger partial charge in [-0.2, -0.15) is 0 Å². The standard InChI is InChI=1S/C24H26ClNO3S/c1-15-14-30-22-19(28-13-16-8-6-5-7-9-16)10-18-21(20(15)22)17(11-25)12-26(18)23(27)29-24(2,3)4/h5-10,14,17H,11-13H2,1-4H3. The molecular weight excluding hydrogens is 418 g/mol. The molecule has 0 aliphatic carbocycles. The first-order valence-electron chi connectivity index (χ1n) is 10.1. The number of hydrogen-bond donors (Lipinski definition) is 0. The number of halogens is 1. The number of amides is 1. The second-order valence-corrected chi connectivity index (χ2v) is 9.84. The van der Waals surface area contributed by atoms with Crippen LogP contribution in [-0.2, 0) is 11.3 Å². The van der Waals surface area contributed by atoms with Gasteiger partial charge >= 0.3 is 6.09 Å². The van der Waals surface area contributed by atoms with E-state index < -0.39 is 5.60 Å². The van der Waals surface area contributed by atoms with E-state index in [1.807, 2.05) is 57.2 Å². The summed E-state index contributed by atoms with van der Waals surface area (Å²) in [4.78, 5) is 14.7. The Labute approximate surface area is 186 Å². The van der Waals surface area contributed by atoms with Gasteiger partial charge in [0.05, 0.1) is 10.4 Å². The number of rotatable bonds is 4. The molecule has 0 N–H and O–H groups in total. The zero-order valence-electron chi connectivity index (χ0n) is 17.7. The Morgan fingerprint density at radius 1 is 1.27 bits per heavy atom. The van der Waals surface area contributed by atoms with Gasteiger partial charge in [-0.1, -0.05) is 30.3 Å². The quantitative estimate of drug-likeness (QED) is 0.413. The molecule has 4 rings (SSSR count). The van der Waals surface area contributed by atoms with Crippen molar-refractivity contribution in [3.63, 3.8) is 0 Å². The fraction of sp³-hybridized carbons (Fsp3) is 0.375. The van der Waals surface area contributed by atoms with E-state index in [1.54, 1.807) is 16.2 Å². The second-order valence-electron chi connectivity index (χ2n) is 8.65. The molecule has 0 spiro atoms. The lowest BCUT2D eigenvalue weighted by Gasteiger charge is -2.25. The third kappa shape index (κ3) is 4.01. The number of carbonyl (C=O) groups excluding carboxylic acids is 1. The normalized spacial score (nSPS) is 16.0. The number of carbonyl (C=O) groups is 1. The summed E-state index contributed by atoms with van der Waals surface area (Å²) in [5.41, 5.74) is 3.67. The molecule has 6 heteroatoms. The third-order valence-corrected chi connectivity index (χ3v) is 6.64. The van der Waals surface area contributed by atoms with Crippen LogP contribution < -0.4 is 9.64 Å². The molecule has 158 valence electrons. The fourth-order valence-corrected chi connectivity index (χ4v) is 5.15. The maximum Gasteiger partial charge on any atom is 0.414 e. The Morgan fingerprint density at radius 2 is 2.00 bits per heavy atom. The molecule has 0 saturated carbocycles. The first-order valence-corrected chi connectivity index (χ1v) is 11.5. The fourth-order valence-electron chi connectivity index (χ4n) is 3.86. The van der Waals surface area contributed by atoms with Gasteiger partial charge in [0.1, 0.15) is 18.0 Å². The molecule has 0 bridgehead atoms. The molecule has 1 aliphatic heterocycles.